The molecule has 2 unspecified atom stereocenters. The van der Waals surface area contributed by atoms with E-state index in [1.807, 2.05) is 0 Å². The summed E-state index contributed by atoms with van der Waals surface area (Å²) in [6, 6.07) is 0. The lowest BCUT2D eigenvalue weighted by molar-refractivity contribution is -0.161. The van der Waals surface area contributed by atoms with E-state index >= 15 is 0 Å². The van der Waals surface area contributed by atoms with Crippen molar-refractivity contribution in [1.29, 1.82) is 0 Å². The van der Waals surface area contributed by atoms with Gasteiger partial charge in [-0.25, -0.2) is 9.13 Å². The Balaban J connectivity index is 5.18. The second kappa shape index (κ2) is 52.8. The first-order valence-electron chi connectivity index (χ1n) is 31.5. The highest BCUT2D eigenvalue weighted by Gasteiger charge is 2.30. The molecule has 468 valence electrons. The minimum atomic E-state index is -4.94. The van der Waals surface area contributed by atoms with Crippen LogP contribution in [-0.4, -0.2) is 96.7 Å². The van der Waals surface area contributed by atoms with Crippen LogP contribution in [0.2, 0.25) is 0 Å². The molecule has 0 saturated heterocycles. The summed E-state index contributed by atoms with van der Waals surface area (Å²) in [6.07, 6.45) is 33.9. The molecule has 0 spiro atoms. The predicted molar refractivity (Wildman–Crippen MR) is 312 cm³/mol. The first-order chi connectivity index (χ1) is 37.9. The van der Waals surface area contributed by atoms with E-state index in [1.54, 1.807) is 0 Å². The number of aliphatic hydroxyl groups is 1. The fourth-order valence-electron chi connectivity index (χ4n) is 8.82. The first kappa shape index (κ1) is 77.1. The summed E-state index contributed by atoms with van der Waals surface area (Å²) in [5, 5.41) is 10.5. The quantitative estimate of drug-likeness (QED) is 0.0222. The van der Waals surface area contributed by atoms with Gasteiger partial charge in [-0.2, -0.15) is 0 Å². The third-order valence-electron chi connectivity index (χ3n) is 13.7. The molecule has 0 amide bonds. The Bertz CT molecular complexity index is 1560. The molecule has 3 N–H and O–H groups in total. The molecule has 0 rings (SSSR count). The standard InChI is InChI=1S/C60H116O17P2/c1-7-9-11-13-14-15-17-21-24-31-37-43-58(63)71-49-56(76-59(64)44-38-32-25-22-19-16-18-20-23-29-34-40-52(3)4)51-75-79(68,69)73-47-54(61)46-72-78(66,67)74-50-55(48-70-57(62)42-36-28-12-10-8-2)77-60(65)45-39-33-27-26-30-35-41-53(5)6/h52-56,61H,7-51H2,1-6H3,(H,66,67)(H,68,69)/t54-,55+,56+/m0/s1. The number of rotatable bonds is 59. The SMILES string of the molecule is CCCCCCCCCCCCCC(=O)OC[C@H](COP(=O)(O)OC[C@@H](O)COP(=O)(O)OC[C@@H](COC(=O)CCCCCCC)OC(=O)CCCCCCCCC(C)C)OC(=O)CCCCCCCCCCCCCC(C)C. The molecule has 0 aromatic rings. The first-order valence-corrected chi connectivity index (χ1v) is 34.5. The summed E-state index contributed by atoms with van der Waals surface area (Å²) < 4.78 is 67.6. The lowest BCUT2D eigenvalue weighted by Gasteiger charge is -2.21. The Morgan fingerprint density at radius 1 is 0.342 bits per heavy atom. The van der Waals surface area contributed by atoms with Crippen molar-refractivity contribution in [3.8, 4) is 0 Å². The van der Waals surface area contributed by atoms with Gasteiger partial charge >= 0.3 is 39.5 Å². The van der Waals surface area contributed by atoms with Crippen molar-refractivity contribution in [3.63, 3.8) is 0 Å². The van der Waals surface area contributed by atoms with Crippen LogP contribution in [0.25, 0.3) is 0 Å². The Hall–Kier alpha value is -1.94. The molecule has 0 saturated carbocycles. The average molecular weight is 1170 g/mol. The topological polar surface area (TPSA) is 237 Å². The molecule has 0 aliphatic heterocycles. The molecular weight excluding hydrogens is 1050 g/mol. The zero-order valence-corrected chi connectivity index (χ0v) is 52.4. The lowest BCUT2D eigenvalue weighted by atomic mass is 10.0. The van der Waals surface area contributed by atoms with Crippen LogP contribution in [0.15, 0.2) is 0 Å². The van der Waals surface area contributed by atoms with Gasteiger partial charge in [-0.15, -0.1) is 0 Å². The van der Waals surface area contributed by atoms with Crippen LogP contribution in [-0.2, 0) is 65.4 Å². The Morgan fingerprint density at radius 3 is 0.861 bits per heavy atom. The summed E-state index contributed by atoms with van der Waals surface area (Å²) in [6.45, 7) is 9.28. The van der Waals surface area contributed by atoms with Crippen molar-refractivity contribution in [2.24, 2.45) is 11.8 Å². The molecule has 17 nitrogen and oxygen atoms in total. The lowest BCUT2D eigenvalue weighted by Crippen LogP contribution is -2.30. The number of esters is 4. The summed E-state index contributed by atoms with van der Waals surface area (Å²) in [5.74, 6) is -0.718. The normalized spacial score (nSPS) is 14.4. The number of carbonyl (C=O) groups is 4. The molecule has 0 bridgehead atoms. The van der Waals surface area contributed by atoms with E-state index in [9.17, 15) is 43.2 Å². The molecule has 0 radical (unpaired) electrons. The van der Waals surface area contributed by atoms with Crippen LogP contribution >= 0.6 is 15.6 Å². The van der Waals surface area contributed by atoms with Crippen LogP contribution in [0, 0.1) is 11.8 Å². The molecule has 0 fully saturated rings. The number of unbranched alkanes of at least 4 members (excludes halogenated alkanes) is 29. The number of carbonyl (C=O) groups excluding carboxylic acids is 4. The maximum Gasteiger partial charge on any atom is 0.472 e. The van der Waals surface area contributed by atoms with E-state index in [2.05, 4.69) is 41.5 Å². The smallest absolute Gasteiger partial charge is 0.462 e. The Labute approximate surface area is 479 Å². The van der Waals surface area contributed by atoms with E-state index in [1.165, 1.54) is 103 Å². The molecule has 0 aliphatic rings. The second-order valence-corrected chi connectivity index (χ2v) is 25.6. The fraction of sp³-hybridized carbons (Fsp3) is 0.933. The summed E-state index contributed by atoms with van der Waals surface area (Å²) in [4.78, 5) is 71.7. The predicted octanol–water partition coefficient (Wildman–Crippen LogP) is 16.1. The van der Waals surface area contributed by atoms with Gasteiger partial charge in [-0.3, -0.25) is 37.3 Å². The molecule has 19 heteroatoms. The monoisotopic (exact) mass is 1170 g/mol. The summed E-state index contributed by atoms with van der Waals surface area (Å²) >= 11 is 0. The molecule has 0 aromatic carbocycles. The maximum absolute atomic E-state index is 12.9. The second-order valence-electron chi connectivity index (χ2n) is 22.7. The van der Waals surface area contributed by atoms with Crippen LogP contribution in [0.5, 0.6) is 0 Å². The van der Waals surface area contributed by atoms with Gasteiger partial charge in [0.25, 0.3) is 0 Å². The van der Waals surface area contributed by atoms with Gasteiger partial charge in [0.15, 0.2) is 12.2 Å². The van der Waals surface area contributed by atoms with Gasteiger partial charge in [0.05, 0.1) is 26.4 Å². The van der Waals surface area contributed by atoms with Gasteiger partial charge in [0.1, 0.15) is 19.3 Å². The van der Waals surface area contributed by atoms with Gasteiger partial charge < -0.3 is 33.8 Å². The number of hydrogen-bond donors (Lipinski definition) is 3. The third-order valence-corrected chi connectivity index (χ3v) is 15.6. The number of aliphatic hydroxyl groups excluding tert-OH is 1. The highest BCUT2D eigenvalue weighted by molar-refractivity contribution is 7.47. The van der Waals surface area contributed by atoms with Crippen molar-refractivity contribution in [2.75, 3.05) is 39.6 Å². The van der Waals surface area contributed by atoms with E-state index < -0.39 is 97.5 Å². The minimum absolute atomic E-state index is 0.101. The number of phosphoric acid groups is 2. The number of ether oxygens (including phenoxy) is 4. The third kappa shape index (κ3) is 55.0. The van der Waals surface area contributed by atoms with Crippen molar-refractivity contribution in [2.45, 2.75) is 310 Å². The minimum Gasteiger partial charge on any atom is -0.462 e. The zero-order chi connectivity index (χ0) is 58.7. The highest BCUT2D eigenvalue weighted by Crippen LogP contribution is 2.45. The van der Waals surface area contributed by atoms with E-state index in [-0.39, 0.29) is 25.7 Å². The molecule has 0 heterocycles. The van der Waals surface area contributed by atoms with Gasteiger partial charge in [0, 0.05) is 25.7 Å². The van der Waals surface area contributed by atoms with E-state index in [0.717, 1.165) is 102 Å². The van der Waals surface area contributed by atoms with Gasteiger partial charge in [-0.1, -0.05) is 241 Å². The zero-order valence-electron chi connectivity index (χ0n) is 50.7. The average Bonchev–Trinajstić information content (AvgIpc) is 3.40. The molecule has 79 heavy (non-hydrogen) atoms. The van der Waals surface area contributed by atoms with Crippen molar-refractivity contribution in [1.82, 2.24) is 0 Å². The van der Waals surface area contributed by atoms with Crippen molar-refractivity contribution < 1.29 is 80.2 Å². The fourth-order valence-corrected chi connectivity index (χ4v) is 10.4. The van der Waals surface area contributed by atoms with Crippen LogP contribution in [0.4, 0.5) is 0 Å². The van der Waals surface area contributed by atoms with E-state index in [4.69, 9.17) is 37.0 Å². The van der Waals surface area contributed by atoms with Crippen molar-refractivity contribution in [3.05, 3.63) is 0 Å². The van der Waals surface area contributed by atoms with Crippen LogP contribution in [0.1, 0.15) is 292 Å². The van der Waals surface area contributed by atoms with Gasteiger partial charge in [0.2, 0.25) is 0 Å². The highest BCUT2D eigenvalue weighted by atomic mass is 31.2. The van der Waals surface area contributed by atoms with E-state index in [0.29, 0.717) is 31.6 Å². The number of phosphoric ester groups is 2. The largest absolute Gasteiger partial charge is 0.472 e. The molecule has 5 atom stereocenters. The number of hydrogen-bond acceptors (Lipinski definition) is 15. The maximum atomic E-state index is 12.9. The Kier molecular flexibility index (Phi) is 51.5. The summed E-state index contributed by atoms with van der Waals surface area (Å²) in [5.41, 5.74) is 0. The van der Waals surface area contributed by atoms with Crippen molar-refractivity contribution >= 4 is 39.5 Å². The Morgan fingerprint density at radius 2 is 0.582 bits per heavy atom. The summed E-state index contributed by atoms with van der Waals surface area (Å²) in [7, 11) is -9.87. The molecule has 0 aromatic heterocycles. The molecule has 0 aliphatic carbocycles. The van der Waals surface area contributed by atoms with Gasteiger partial charge in [-0.05, 0) is 37.5 Å². The van der Waals surface area contributed by atoms with Crippen LogP contribution in [0.3, 0.4) is 0 Å². The molecular formula is C60H116O17P2. The van der Waals surface area contributed by atoms with Crippen LogP contribution < -0.4 is 0 Å².